The van der Waals surface area contributed by atoms with Gasteiger partial charge in [-0.05, 0) is 48.7 Å². The van der Waals surface area contributed by atoms with Crippen LogP contribution in [0.5, 0.6) is 0 Å². The Morgan fingerprint density at radius 1 is 1.60 bits per heavy atom. The lowest BCUT2D eigenvalue weighted by molar-refractivity contribution is 0.517. The van der Waals surface area contributed by atoms with Crippen molar-refractivity contribution in [3.63, 3.8) is 0 Å². The highest BCUT2D eigenvalue weighted by atomic mass is 14.2. The van der Waals surface area contributed by atoms with E-state index in [1.54, 1.807) is 0 Å². The molecule has 0 nitrogen and oxygen atoms in total. The molecule has 0 saturated heterocycles. The molecule has 0 spiro atoms. The van der Waals surface area contributed by atoms with E-state index in [1.807, 2.05) is 0 Å². The van der Waals surface area contributed by atoms with E-state index in [1.165, 1.54) is 30.4 Å². The molecule has 0 bridgehead atoms. The zero-order valence-electron chi connectivity index (χ0n) is 10.4. The Bertz CT molecular complexity index is 266. The van der Waals surface area contributed by atoms with Gasteiger partial charge < -0.3 is 0 Å². The molecule has 0 fully saturated rings. The van der Waals surface area contributed by atoms with Crippen LogP contribution in [0.1, 0.15) is 46.5 Å². The van der Waals surface area contributed by atoms with Crippen molar-refractivity contribution in [3.05, 3.63) is 36.0 Å². The van der Waals surface area contributed by atoms with E-state index < -0.39 is 0 Å². The van der Waals surface area contributed by atoms with Crippen molar-refractivity contribution in [1.29, 1.82) is 0 Å². The molecule has 1 aliphatic carbocycles. The summed E-state index contributed by atoms with van der Waals surface area (Å²) in [7, 11) is 0. The van der Waals surface area contributed by atoms with E-state index in [2.05, 4.69) is 45.6 Å². The van der Waals surface area contributed by atoms with Crippen LogP contribution in [0.4, 0.5) is 0 Å². The van der Waals surface area contributed by atoms with E-state index in [4.69, 9.17) is 0 Å². The number of hydrogen-bond acceptors (Lipinski definition) is 0. The van der Waals surface area contributed by atoms with Crippen LogP contribution in [0.15, 0.2) is 36.0 Å². The van der Waals surface area contributed by atoms with Crippen molar-refractivity contribution in [2.45, 2.75) is 46.5 Å². The molecule has 1 rings (SSSR count). The fourth-order valence-electron chi connectivity index (χ4n) is 1.85. The molecule has 0 aromatic heterocycles. The van der Waals surface area contributed by atoms with Crippen LogP contribution in [0, 0.1) is 11.8 Å². The summed E-state index contributed by atoms with van der Waals surface area (Å²) in [5, 5.41) is 0. The first-order valence-electron chi connectivity index (χ1n) is 6.14. The molecule has 0 aliphatic heterocycles. The zero-order chi connectivity index (χ0) is 11.3. The van der Waals surface area contributed by atoms with Gasteiger partial charge in [-0.15, -0.1) is 0 Å². The monoisotopic (exact) mass is 204 g/mol. The topological polar surface area (TPSA) is 0 Å². The van der Waals surface area contributed by atoms with Gasteiger partial charge in [-0.25, -0.2) is 0 Å². The van der Waals surface area contributed by atoms with Crippen molar-refractivity contribution in [1.82, 2.24) is 0 Å². The summed E-state index contributed by atoms with van der Waals surface area (Å²) in [5.41, 5.74) is 2.69. The van der Waals surface area contributed by atoms with Crippen LogP contribution in [-0.4, -0.2) is 0 Å². The summed E-state index contributed by atoms with van der Waals surface area (Å²) < 4.78 is 0. The van der Waals surface area contributed by atoms with Crippen molar-refractivity contribution in [2.75, 3.05) is 0 Å². The molecule has 0 saturated carbocycles. The van der Waals surface area contributed by atoms with Gasteiger partial charge in [-0.1, -0.05) is 45.6 Å². The van der Waals surface area contributed by atoms with Crippen LogP contribution in [-0.2, 0) is 0 Å². The summed E-state index contributed by atoms with van der Waals surface area (Å²) in [6, 6.07) is 0. The molecule has 1 unspecified atom stereocenters. The zero-order valence-corrected chi connectivity index (χ0v) is 10.4. The van der Waals surface area contributed by atoms with Crippen molar-refractivity contribution in [2.24, 2.45) is 11.8 Å². The Hall–Kier alpha value is -0.780. The summed E-state index contributed by atoms with van der Waals surface area (Å²) in [5.74, 6) is 1.61. The molecule has 0 heterocycles. The largest absolute Gasteiger partial charge is 0.0915 e. The quantitative estimate of drug-likeness (QED) is 0.572. The van der Waals surface area contributed by atoms with Gasteiger partial charge in [0.15, 0.2) is 0 Å². The third-order valence-electron chi connectivity index (χ3n) is 3.01. The predicted molar refractivity (Wildman–Crippen MR) is 68.8 cm³/mol. The first-order valence-corrected chi connectivity index (χ1v) is 6.14. The normalized spacial score (nSPS) is 22.1. The van der Waals surface area contributed by atoms with E-state index in [9.17, 15) is 0 Å². The van der Waals surface area contributed by atoms with Crippen LogP contribution in [0.25, 0.3) is 0 Å². The van der Waals surface area contributed by atoms with Gasteiger partial charge in [0.1, 0.15) is 0 Å². The molecular weight excluding hydrogens is 180 g/mol. The van der Waals surface area contributed by atoms with Crippen molar-refractivity contribution in [3.8, 4) is 0 Å². The third-order valence-corrected chi connectivity index (χ3v) is 3.01. The van der Waals surface area contributed by atoms with Gasteiger partial charge in [0.05, 0.1) is 0 Å². The van der Waals surface area contributed by atoms with Gasteiger partial charge in [0.25, 0.3) is 0 Å². The first-order chi connectivity index (χ1) is 7.09. The number of allylic oxidation sites excluding steroid dienone is 5. The molecule has 0 heteroatoms. The Morgan fingerprint density at radius 2 is 2.33 bits per heavy atom. The maximum Gasteiger partial charge on any atom is -0.0274 e. The third kappa shape index (κ3) is 4.51. The maximum absolute atomic E-state index is 4.15. The van der Waals surface area contributed by atoms with E-state index in [-0.39, 0.29) is 0 Å². The molecule has 0 amide bonds. The Kier molecular flexibility index (Phi) is 4.87. The summed E-state index contributed by atoms with van der Waals surface area (Å²) in [4.78, 5) is 0. The molecule has 0 radical (unpaired) electrons. The maximum atomic E-state index is 4.15. The highest BCUT2D eigenvalue weighted by Gasteiger charge is 2.10. The van der Waals surface area contributed by atoms with Gasteiger partial charge >= 0.3 is 0 Å². The smallest absolute Gasteiger partial charge is 0.0274 e. The highest BCUT2D eigenvalue weighted by molar-refractivity contribution is 5.38. The summed E-state index contributed by atoms with van der Waals surface area (Å²) in [6.07, 6.45) is 11.7. The fraction of sp³-hybridized carbons (Fsp3) is 0.600. The van der Waals surface area contributed by atoms with Crippen molar-refractivity contribution >= 4 is 0 Å². The van der Waals surface area contributed by atoms with E-state index in [0.29, 0.717) is 0 Å². The molecule has 1 aliphatic rings. The second-order valence-electron chi connectivity index (χ2n) is 5.17. The average Bonchev–Trinajstić information content (AvgIpc) is 2.18. The highest BCUT2D eigenvalue weighted by Crippen LogP contribution is 2.27. The van der Waals surface area contributed by atoms with Gasteiger partial charge in [-0.3, -0.25) is 0 Å². The van der Waals surface area contributed by atoms with Crippen LogP contribution >= 0.6 is 0 Å². The fourth-order valence-corrected chi connectivity index (χ4v) is 1.85. The molecular formula is C15H24. The standard InChI is InChI=1S/C15H24/c1-12(2)6-5-7-14(4)15-10-8-13(3)9-11-15/h5,7,10,12-13H,4,6,8-9,11H2,1-3H3. The number of hydrogen-bond donors (Lipinski definition) is 0. The minimum Gasteiger partial charge on any atom is -0.0915 e. The second kappa shape index (κ2) is 5.95. The van der Waals surface area contributed by atoms with Gasteiger partial charge in [0.2, 0.25) is 0 Å². The van der Waals surface area contributed by atoms with Crippen molar-refractivity contribution < 1.29 is 0 Å². The van der Waals surface area contributed by atoms with Crippen LogP contribution < -0.4 is 0 Å². The molecule has 84 valence electrons. The molecule has 1 atom stereocenters. The minimum atomic E-state index is 0.745. The SMILES string of the molecule is C=C(C=CCC(C)C)C1=CCC(C)CC1. The van der Waals surface area contributed by atoms with Crippen LogP contribution in [0.3, 0.4) is 0 Å². The molecule has 0 N–H and O–H groups in total. The lowest BCUT2D eigenvalue weighted by atomic mass is 9.88. The Morgan fingerprint density at radius 3 is 2.87 bits per heavy atom. The Labute approximate surface area is 94.8 Å². The van der Waals surface area contributed by atoms with E-state index in [0.717, 1.165) is 18.3 Å². The second-order valence-corrected chi connectivity index (χ2v) is 5.17. The molecule has 0 aromatic rings. The summed E-state index contributed by atoms with van der Waals surface area (Å²) in [6.45, 7) is 11.0. The van der Waals surface area contributed by atoms with E-state index >= 15 is 0 Å². The van der Waals surface area contributed by atoms with Crippen LogP contribution in [0.2, 0.25) is 0 Å². The minimum absolute atomic E-state index is 0.745. The lowest BCUT2D eigenvalue weighted by Crippen LogP contribution is -2.02. The average molecular weight is 204 g/mol. The summed E-state index contributed by atoms with van der Waals surface area (Å²) >= 11 is 0. The van der Waals surface area contributed by atoms with Gasteiger partial charge in [-0.2, -0.15) is 0 Å². The predicted octanol–water partition coefficient (Wildman–Crippen LogP) is 4.89. The number of rotatable bonds is 4. The lowest BCUT2D eigenvalue weighted by Gasteiger charge is -2.18. The van der Waals surface area contributed by atoms with Gasteiger partial charge in [0, 0.05) is 0 Å². The molecule has 0 aromatic carbocycles. The molecule has 15 heavy (non-hydrogen) atoms. The Balaban J connectivity index is 2.44. The first kappa shape index (κ1) is 12.3.